The van der Waals surface area contributed by atoms with Gasteiger partial charge in [-0.1, -0.05) is 48.2 Å². The van der Waals surface area contributed by atoms with Gasteiger partial charge in [-0.05, 0) is 47.2 Å². The van der Waals surface area contributed by atoms with Gasteiger partial charge in [-0.2, -0.15) is 0 Å². The van der Waals surface area contributed by atoms with Gasteiger partial charge >= 0.3 is 0 Å². The number of aryl methyl sites for hydroxylation is 1. The molecule has 0 saturated carbocycles. The molecule has 3 heterocycles. The van der Waals surface area contributed by atoms with E-state index in [1.54, 1.807) is 23.4 Å². The van der Waals surface area contributed by atoms with Gasteiger partial charge in [0.15, 0.2) is 5.16 Å². The smallest absolute Gasteiger partial charge is 0.273 e. The summed E-state index contributed by atoms with van der Waals surface area (Å²) in [4.78, 5) is 13.2. The Hall–Kier alpha value is -3.10. The monoisotopic (exact) mass is 448 g/mol. The molecule has 0 unspecified atom stereocenters. The van der Waals surface area contributed by atoms with Gasteiger partial charge in [0, 0.05) is 5.75 Å². The third kappa shape index (κ3) is 3.62. The van der Waals surface area contributed by atoms with Crippen molar-refractivity contribution in [3.05, 3.63) is 87.0 Å². The van der Waals surface area contributed by atoms with E-state index in [-0.39, 0.29) is 5.56 Å². The summed E-state index contributed by atoms with van der Waals surface area (Å²) < 4.78 is 9.65. The van der Waals surface area contributed by atoms with Crippen LogP contribution in [0.5, 0.6) is 5.75 Å². The molecule has 31 heavy (non-hydrogen) atoms. The molecule has 8 heteroatoms. The Kier molecular flexibility index (Phi) is 5.25. The van der Waals surface area contributed by atoms with E-state index in [1.165, 1.54) is 22.5 Å². The largest absolute Gasteiger partial charge is 0.497 e. The van der Waals surface area contributed by atoms with Gasteiger partial charge in [0.1, 0.15) is 10.4 Å². The first-order valence-corrected chi connectivity index (χ1v) is 11.7. The molecule has 0 aliphatic heterocycles. The molecule has 156 valence electrons. The Morgan fingerprint density at radius 1 is 1.06 bits per heavy atom. The van der Waals surface area contributed by atoms with E-state index in [9.17, 15) is 4.79 Å². The Balaban J connectivity index is 1.58. The highest BCUT2D eigenvalue weighted by molar-refractivity contribution is 7.98. The number of aromatic nitrogens is 4. The average molecular weight is 449 g/mol. The number of benzene rings is 2. The Labute approximate surface area is 187 Å². The summed E-state index contributed by atoms with van der Waals surface area (Å²) in [5, 5.41) is 11.6. The summed E-state index contributed by atoms with van der Waals surface area (Å²) in [6.45, 7) is 2.53. The van der Waals surface area contributed by atoms with Crippen molar-refractivity contribution in [2.45, 2.75) is 24.4 Å². The summed E-state index contributed by atoms with van der Waals surface area (Å²) >= 11 is 3.08. The zero-order valence-corrected chi connectivity index (χ0v) is 18.7. The standard InChI is InChI=1S/C23H20N4O2S2/c1-15-5-3-4-6-17(15)14-31-23-25-24-22-26(13-16-7-9-18(29-2)10-8-16)21(28)20-19(27(22)23)11-12-30-20/h3-12H,13-14H2,1-2H3. The van der Waals surface area contributed by atoms with Gasteiger partial charge < -0.3 is 4.74 Å². The van der Waals surface area contributed by atoms with Crippen molar-refractivity contribution < 1.29 is 4.74 Å². The lowest BCUT2D eigenvalue weighted by Gasteiger charge is -2.10. The van der Waals surface area contributed by atoms with Gasteiger partial charge in [0.05, 0.1) is 19.2 Å². The van der Waals surface area contributed by atoms with Crippen molar-refractivity contribution in [1.29, 1.82) is 0 Å². The van der Waals surface area contributed by atoms with E-state index in [4.69, 9.17) is 4.74 Å². The third-order valence-electron chi connectivity index (χ3n) is 5.30. The van der Waals surface area contributed by atoms with Crippen molar-refractivity contribution in [2.75, 3.05) is 7.11 Å². The lowest BCUT2D eigenvalue weighted by atomic mass is 10.1. The van der Waals surface area contributed by atoms with Crippen LogP contribution in [0.4, 0.5) is 0 Å². The first kappa shape index (κ1) is 19.8. The maximum Gasteiger partial charge on any atom is 0.273 e. The number of nitrogens with zero attached hydrogens (tertiary/aromatic N) is 4. The quantitative estimate of drug-likeness (QED) is 0.351. The zero-order chi connectivity index (χ0) is 21.4. The van der Waals surface area contributed by atoms with Crippen molar-refractivity contribution in [1.82, 2.24) is 19.2 Å². The highest BCUT2D eigenvalue weighted by Gasteiger charge is 2.18. The van der Waals surface area contributed by atoms with Crippen LogP contribution in [0.25, 0.3) is 16.0 Å². The molecular weight excluding hydrogens is 428 g/mol. The van der Waals surface area contributed by atoms with E-state index in [2.05, 4.69) is 35.3 Å². The van der Waals surface area contributed by atoms with Crippen molar-refractivity contribution >= 4 is 39.1 Å². The zero-order valence-electron chi connectivity index (χ0n) is 17.1. The molecule has 0 radical (unpaired) electrons. The van der Waals surface area contributed by atoms with Crippen LogP contribution >= 0.6 is 23.1 Å². The minimum atomic E-state index is -0.0452. The van der Waals surface area contributed by atoms with Crippen LogP contribution in [0.2, 0.25) is 0 Å². The van der Waals surface area contributed by atoms with Crippen LogP contribution < -0.4 is 10.3 Å². The second-order valence-electron chi connectivity index (χ2n) is 7.21. The van der Waals surface area contributed by atoms with Crippen LogP contribution in [-0.2, 0) is 12.3 Å². The minimum Gasteiger partial charge on any atom is -0.497 e. The lowest BCUT2D eigenvalue weighted by Crippen LogP contribution is -2.23. The second kappa shape index (κ2) is 8.20. The third-order valence-corrected chi connectivity index (χ3v) is 7.17. The fourth-order valence-electron chi connectivity index (χ4n) is 3.56. The van der Waals surface area contributed by atoms with Crippen molar-refractivity contribution in [3.63, 3.8) is 0 Å². The van der Waals surface area contributed by atoms with E-state index in [0.29, 0.717) is 17.0 Å². The summed E-state index contributed by atoms with van der Waals surface area (Å²) in [7, 11) is 1.64. The van der Waals surface area contributed by atoms with Gasteiger partial charge in [-0.15, -0.1) is 21.5 Å². The molecule has 0 amide bonds. The topological polar surface area (TPSA) is 61.4 Å². The van der Waals surface area contributed by atoms with Crippen LogP contribution in [-0.4, -0.2) is 26.3 Å². The number of hydrogen-bond donors (Lipinski definition) is 0. The molecule has 0 aliphatic carbocycles. The number of fused-ring (bicyclic) bond motifs is 3. The minimum absolute atomic E-state index is 0.0452. The Bertz CT molecular complexity index is 1430. The van der Waals surface area contributed by atoms with Gasteiger partial charge in [0.25, 0.3) is 5.56 Å². The van der Waals surface area contributed by atoms with E-state index in [1.807, 2.05) is 46.2 Å². The summed E-state index contributed by atoms with van der Waals surface area (Å²) in [5.74, 6) is 2.13. The normalized spacial score (nSPS) is 11.4. The molecule has 0 N–H and O–H groups in total. The summed E-state index contributed by atoms with van der Waals surface area (Å²) in [5.41, 5.74) is 4.32. The number of methoxy groups -OCH3 is 1. The summed E-state index contributed by atoms with van der Waals surface area (Å²) in [6.07, 6.45) is 0. The van der Waals surface area contributed by atoms with Crippen LogP contribution in [0.15, 0.2) is 69.9 Å². The fraction of sp³-hybridized carbons (Fsp3) is 0.174. The number of thioether (sulfide) groups is 1. The van der Waals surface area contributed by atoms with Gasteiger partial charge in [0.2, 0.25) is 5.78 Å². The molecule has 2 aromatic carbocycles. The summed E-state index contributed by atoms with van der Waals surface area (Å²) in [6, 6.07) is 18.0. The number of rotatable bonds is 6. The molecular formula is C23H20N4O2S2. The predicted molar refractivity (Wildman–Crippen MR) is 125 cm³/mol. The van der Waals surface area contributed by atoms with E-state index >= 15 is 0 Å². The molecule has 0 bridgehead atoms. The molecule has 0 aliphatic rings. The molecule has 3 aromatic heterocycles. The molecule has 6 nitrogen and oxygen atoms in total. The first-order valence-electron chi connectivity index (χ1n) is 9.81. The van der Waals surface area contributed by atoms with E-state index in [0.717, 1.165) is 27.7 Å². The van der Waals surface area contributed by atoms with E-state index < -0.39 is 0 Å². The van der Waals surface area contributed by atoms with Crippen molar-refractivity contribution in [2.24, 2.45) is 0 Å². The molecule has 0 atom stereocenters. The van der Waals surface area contributed by atoms with Crippen LogP contribution in [0.1, 0.15) is 16.7 Å². The highest BCUT2D eigenvalue weighted by atomic mass is 32.2. The first-order chi connectivity index (χ1) is 15.2. The fourth-order valence-corrected chi connectivity index (χ4v) is 5.40. The number of hydrogen-bond acceptors (Lipinski definition) is 6. The van der Waals surface area contributed by atoms with Crippen LogP contribution in [0.3, 0.4) is 0 Å². The van der Waals surface area contributed by atoms with Crippen molar-refractivity contribution in [3.8, 4) is 5.75 Å². The van der Waals surface area contributed by atoms with Gasteiger partial charge in [-0.25, -0.2) is 0 Å². The molecule has 5 aromatic rings. The molecule has 5 rings (SSSR count). The van der Waals surface area contributed by atoms with Crippen LogP contribution in [0, 0.1) is 6.92 Å². The molecule has 0 fully saturated rings. The predicted octanol–water partition coefficient (Wildman–Crippen LogP) is 4.76. The molecule has 0 saturated heterocycles. The number of thiophene rings is 1. The average Bonchev–Trinajstić information content (AvgIpc) is 3.44. The SMILES string of the molecule is COc1ccc(Cn2c(=O)c3sccc3n3c(SCc4ccccc4C)nnc23)cc1. The molecule has 0 spiro atoms. The highest BCUT2D eigenvalue weighted by Crippen LogP contribution is 2.27. The maximum absolute atomic E-state index is 13.2. The second-order valence-corrected chi connectivity index (χ2v) is 9.07. The number of ether oxygens (including phenoxy) is 1. The lowest BCUT2D eigenvalue weighted by molar-refractivity contribution is 0.414. The maximum atomic E-state index is 13.2. The Morgan fingerprint density at radius 2 is 1.87 bits per heavy atom. The van der Waals surface area contributed by atoms with Gasteiger partial charge in [-0.3, -0.25) is 13.8 Å². The Morgan fingerprint density at radius 3 is 2.65 bits per heavy atom.